The third-order valence-corrected chi connectivity index (χ3v) is 9.49. The number of piperidine rings is 1. The molecule has 2 amide bonds. The zero-order chi connectivity index (χ0) is 29.8. The van der Waals surface area contributed by atoms with Gasteiger partial charge in [0.25, 0.3) is 5.91 Å². The highest BCUT2D eigenvalue weighted by Crippen LogP contribution is 2.49. The molecule has 3 heterocycles. The highest BCUT2D eigenvalue weighted by Gasteiger charge is 2.49. The molecular formula is C32H32N6O3S. The van der Waals surface area contributed by atoms with Crippen molar-refractivity contribution in [2.24, 2.45) is 11.5 Å². The number of amides is 2. The van der Waals surface area contributed by atoms with Crippen LogP contribution in [0.1, 0.15) is 50.9 Å². The van der Waals surface area contributed by atoms with Gasteiger partial charge in [-0.2, -0.15) is 0 Å². The summed E-state index contributed by atoms with van der Waals surface area (Å²) in [4.78, 5) is 46.8. The molecule has 1 saturated heterocycles. The monoisotopic (exact) mass is 580 g/mol. The third kappa shape index (κ3) is 4.39. The van der Waals surface area contributed by atoms with Crippen molar-refractivity contribution in [3.8, 4) is 11.3 Å². The van der Waals surface area contributed by atoms with E-state index in [-0.39, 0.29) is 17.9 Å². The number of pyridine rings is 1. The molecule has 0 saturated carbocycles. The smallest absolute Gasteiger partial charge is 0.262 e. The first-order valence-electron chi connectivity index (χ1n) is 13.8. The molecule has 9 nitrogen and oxygen atoms in total. The molecular weight excluding hydrogens is 548 g/mol. The molecule has 0 radical (unpaired) electrons. The second kappa shape index (κ2) is 10.5. The van der Waals surface area contributed by atoms with E-state index in [4.69, 9.17) is 17.2 Å². The Kier molecular flexibility index (Phi) is 6.92. The summed E-state index contributed by atoms with van der Waals surface area (Å²) in [5, 5.41) is 3.70. The highest BCUT2D eigenvalue weighted by molar-refractivity contribution is 7.21. The van der Waals surface area contributed by atoms with E-state index in [1.807, 2.05) is 49.4 Å². The van der Waals surface area contributed by atoms with Crippen LogP contribution >= 0.6 is 11.3 Å². The number of hydrogen-bond acceptors (Lipinski definition) is 8. The molecule has 1 aliphatic carbocycles. The summed E-state index contributed by atoms with van der Waals surface area (Å²) in [6.07, 6.45) is 2.76. The maximum atomic E-state index is 14.2. The Morgan fingerprint density at radius 3 is 2.69 bits per heavy atom. The van der Waals surface area contributed by atoms with Gasteiger partial charge in [0.15, 0.2) is 5.78 Å². The summed E-state index contributed by atoms with van der Waals surface area (Å²) in [7, 11) is 0. The highest BCUT2D eigenvalue weighted by atomic mass is 32.1. The van der Waals surface area contributed by atoms with Crippen LogP contribution in [0.3, 0.4) is 0 Å². The minimum Gasteiger partial charge on any atom is -0.398 e. The fourth-order valence-corrected chi connectivity index (χ4v) is 7.38. The molecule has 6 rings (SSSR count). The molecule has 7 N–H and O–H groups in total. The number of carbonyl (C=O) groups is 3. The van der Waals surface area contributed by atoms with E-state index in [0.717, 1.165) is 18.4 Å². The largest absolute Gasteiger partial charge is 0.398 e. The van der Waals surface area contributed by atoms with Crippen molar-refractivity contribution in [3.05, 3.63) is 94.5 Å². The van der Waals surface area contributed by atoms with Gasteiger partial charge in [-0.1, -0.05) is 43.0 Å². The average molecular weight is 581 g/mol. The number of hydrogen-bond donors (Lipinski definition) is 4. The number of aryl methyl sites for hydroxylation is 1. The average Bonchev–Trinajstić information content (AvgIpc) is 3.41. The van der Waals surface area contributed by atoms with Crippen molar-refractivity contribution in [2.45, 2.75) is 37.4 Å². The van der Waals surface area contributed by atoms with Gasteiger partial charge in [0.1, 0.15) is 5.54 Å². The first-order chi connectivity index (χ1) is 20.1. The van der Waals surface area contributed by atoms with Crippen LogP contribution in [0.5, 0.6) is 0 Å². The van der Waals surface area contributed by atoms with Gasteiger partial charge >= 0.3 is 0 Å². The molecule has 2 aromatic heterocycles. The summed E-state index contributed by atoms with van der Waals surface area (Å²) in [6.45, 7) is 6.42. The number of nitrogens with zero attached hydrogens (tertiary/aromatic N) is 2. The maximum Gasteiger partial charge on any atom is 0.262 e. The van der Waals surface area contributed by atoms with Gasteiger partial charge in [-0.15, -0.1) is 11.3 Å². The quantitative estimate of drug-likeness (QED) is 0.208. The maximum absolute atomic E-state index is 14.2. The van der Waals surface area contributed by atoms with Crippen LogP contribution < -0.4 is 22.5 Å². The zero-order valence-corrected chi connectivity index (χ0v) is 24.0. The zero-order valence-electron chi connectivity index (χ0n) is 23.2. The molecule has 0 spiro atoms. The summed E-state index contributed by atoms with van der Waals surface area (Å²) in [6, 6.07) is 15.4. The predicted molar refractivity (Wildman–Crippen MR) is 165 cm³/mol. The molecule has 10 heteroatoms. The topological polar surface area (TPSA) is 157 Å². The van der Waals surface area contributed by atoms with E-state index in [9.17, 15) is 14.4 Å². The Morgan fingerprint density at radius 1 is 1.19 bits per heavy atom. The molecule has 42 heavy (non-hydrogen) atoms. The van der Waals surface area contributed by atoms with Crippen molar-refractivity contribution in [1.29, 1.82) is 0 Å². The van der Waals surface area contributed by atoms with Gasteiger partial charge < -0.3 is 27.4 Å². The summed E-state index contributed by atoms with van der Waals surface area (Å²) >= 11 is 1.21. The van der Waals surface area contributed by atoms with Gasteiger partial charge in [-0.25, -0.2) is 0 Å². The van der Waals surface area contributed by atoms with Crippen LogP contribution in [0.25, 0.3) is 21.3 Å². The number of ketones is 1. The van der Waals surface area contributed by atoms with E-state index in [2.05, 4.69) is 16.9 Å². The first kappa shape index (κ1) is 27.8. The Balaban J connectivity index is 1.45. The minimum atomic E-state index is -1.58. The lowest BCUT2D eigenvalue weighted by atomic mass is 9.70. The normalized spacial score (nSPS) is 21.8. The van der Waals surface area contributed by atoms with E-state index >= 15 is 0 Å². The van der Waals surface area contributed by atoms with Crippen molar-refractivity contribution in [1.82, 2.24) is 15.2 Å². The number of aromatic nitrogens is 1. The number of nitrogens with two attached hydrogens (primary N) is 3. The third-order valence-electron chi connectivity index (χ3n) is 8.24. The molecule has 4 aromatic rings. The number of rotatable bonds is 5. The molecule has 1 fully saturated rings. The number of nitrogens with one attached hydrogen (secondary N) is 1. The Labute approximate surface area is 247 Å². The predicted octanol–water partition coefficient (Wildman–Crippen LogP) is 3.55. The summed E-state index contributed by atoms with van der Waals surface area (Å²) < 4.78 is 0.659. The lowest BCUT2D eigenvalue weighted by molar-refractivity contribution is -0.127. The van der Waals surface area contributed by atoms with E-state index in [1.54, 1.807) is 17.0 Å². The van der Waals surface area contributed by atoms with Gasteiger partial charge in [0, 0.05) is 47.0 Å². The van der Waals surface area contributed by atoms with Gasteiger partial charge in [0.05, 0.1) is 21.3 Å². The molecule has 3 unspecified atom stereocenters. The van der Waals surface area contributed by atoms with Crippen molar-refractivity contribution >= 4 is 44.7 Å². The number of anilines is 1. The van der Waals surface area contributed by atoms with E-state index < -0.39 is 17.4 Å². The van der Waals surface area contributed by atoms with E-state index in [0.29, 0.717) is 61.8 Å². The second-order valence-corrected chi connectivity index (χ2v) is 12.0. The van der Waals surface area contributed by atoms with Gasteiger partial charge in [-0.05, 0) is 55.2 Å². The van der Waals surface area contributed by atoms with Gasteiger partial charge in [0.2, 0.25) is 5.91 Å². The number of likely N-dealkylation sites (tertiary alicyclic amines) is 1. The van der Waals surface area contributed by atoms with Crippen LogP contribution in [0.4, 0.5) is 5.69 Å². The number of Topliss-reactive ketones (excluding diaryl/α,β-unsaturated/α-hetero) is 1. The lowest BCUT2D eigenvalue weighted by Crippen LogP contribution is -2.53. The fraction of sp³-hybridized carbons (Fsp3) is 0.250. The summed E-state index contributed by atoms with van der Waals surface area (Å²) in [5.41, 5.74) is 22.9. The van der Waals surface area contributed by atoms with Crippen molar-refractivity contribution in [2.75, 3.05) is 18.8 Å². The number of carbonyl (C=O) groups excluding carboxylic acids is 3. The van der Waals surface area contributed by atoms with Crippen molar-refractivity contribution < 1.29 is 14.4 Å². The Morgan fingerprint density at radius 2 is 1.95 bits per heavy atom. The fourth-order valence-electron chi connectivity index (χ4n) is 6.18. The van der Waals surface area contributed by atoms with Crippen molar-refractivity contribution in [3.63, 3.8) is 0 Å². The number of nitrogen functional groups attached to an aromatic ring is 1. The Hall–Kier alpha value is -4.38. The summed E-state index contributed by atoms with van der Waals surface area (Å²) in [5.74, 6) is -0.941. The Bertz CT molecular complexity index is 1770. The molecule has 2 aromatic carbocycles. The molecule has 2 aliphatic rings. The molecule has 0 bridgehead atoms. The minimum absolute atomic E-state index is 0.169. The van der Waals surface area contributed by atoms with Crippen LogP contribution in [0.2, 0.25) is 0 Å². The lowest BCUT2D eigenvalue weighted by Gasteiger charge is -2.37. The number of benzene rings is 2. The van der Waals surface area contributed by atoms with Crippen LogP contribution in [-0.2, 0) is 15.1 Å². The first-order valence-corrected chi connectivity index (χ1v) is 14.7. The van der Waals surface area contributed by atoms with E-state index in [1.165, 1.54) is 17.4 Å². The molecule has 3 atom stereocenters. The second-order valence-electron chi connectivity index (χ2n) is 11.0. The SMILES string of the molecule is C=CC(=O)N1CCCC(NC(=O)c2sc3c(N)ccc4c3c2C(N)C(=O)C4(N)c2cc(C)nc(-c3ccccc3)c2)C1. The molecule has 214 valence electrons. The van der Waals surface area contributed by atoms with Gasteiger partial charge in [-0.3, -0.25) is 19.4 Å². The molecule has 1 aliphatic heterocycles. The van der Waals surface area contributed by atoms with Crippen LogP contribution in [0.15, 0.2) is 67.3 Å². The van der Waals surface area contributed by atoms with Crippen LogP contribution in [-0.4, -0.2) is 46.6 Å². The van der Waals surface area contributed by atoms with Crippen LogP contribution in [0, 0.1) is 6.92 Å². The standard InChI is InChI=1S/C32H32N6O3S/c1-3-24(39)38-13-7-10-20(16-38)37-31(41)29-26-25-21(11-12-22(33)28(25)42-29)32(35,30(40)27(26)34)19-14-17(2)36-23(15-19)18-8-5-4-6-9-18/h3-6,8-9,11-12,14-15,20,27H,1,7,10,13,16,33-35H2,2H3,(H,37,41). The number of thiophene rings is 1.